The van der Waals surface area contributed by atoms with E-state index in [9.17, 15) is 14.0 Å². The highest BCUT2D eigenvalue weighted by Crippen LogP contribution is 2.29. The number of esters is 1. The first-order chi connectivity index (χ1) is 9.02. The van der Waals surface area contributed by atoms with E-state index < -0.39 is 11.8 Å². The molecule has 1 aromatic rings. The second kappa shape index (κ2) is 5.69. The molecule has 1 unspecified atom stereocenters. The molecule has 1 aliphatic rings. The summed E-state index contributed by atoms with van der Waals surface area (Å²) < 4.78 is 18.2. The van der Waals surface area contributed by atoms with Gasteiger partial charge in [-0.25, -0.2) is 9.18 Å². The summed E-state index contributed by atoms with van der Waals surface area (Å²) in [7, 11) is 0. The summed E-state index contributed by atoms with van der Waals surface area (Å²) in [6.45, 7) is 2.33. The van der Waals surface area contributed by atoms with Crippen molar-refractivity contribution in [2.24, 2.45) is 0 Å². The van der Waals surface area contributed by atoms with E-state index in [2.05, 4.69) is 15.9 Å². The maximum Gasteiger partial charge on any atom is 0.340 e. The van der Waals surface area contributed by atoms with E-state index in [1.807, 2.05) is 0 Å². The third-order valence-electron chi connectivity index (χ3n) is 2.82. The van der Waals surface area contributed by atoms with Crippen molar-refractivity contribution in [3.05, 3.63) is 29.6 Å². The Morgan fingerprint density at radius 3 is 2.89 bits per heavy atom. The van der Waals surface area contributed by atoms with Crippen molar-refractivity contribution in [3.63, 3.8) is 0 Å². The van der Waals surface area contributed by atoms with Gasteiger partial charge in [-0.3, -0.25) is 4.79 Å². The van der Waals surface area contributed by atoms with Crippen LogP contribution in [0.2, 0.25) is 0 Å². The summed E-state index contributed by atoms with van der Waals surface area (Å²) in [4.78, 5) is 25.2. The molecule has 1 atom stereocenters. The number of alkyl halides is 1. The molecule has 1 heterocycles. The molecular weight excluding hydrogens is 317 g/mol. The second-order valence-corrected chi connectivity index (χ2v) is 5.48. The van der Waals surface area contributed by atoms with Crippen molar-refractivity contribution < 1.29 is 18.7 Å². The monoisotopic (exact) mass is 329 g/mol. The molecule has 6 heteroatoms. The minimum Gasteiger partial charge on any atom is -0.462 e. The number of hydrogen-bond acceptors (Lipinski definition) is 3. The fourth-order valence-corrected chi connectivity index (χ4v) is 2.58. The van der Waals surface area contributed by atoms with Gasteiger partial charge in [-0.2, -0.15) is 0 Å². The van der Waals surface area contributed by atoms with Crippen molar-refractivity contribution in [1.82, 2.24) is 0 Å². The topological polar surface area (TPSA) is 46.6 Å². The average Bonchev–Trinajstić information content (AvgIpc) is 2.68. The molecule has 0 spiro atoms. The summed E-state index contributed by atoms with van der Waals surface area (Å²) in [5.74, 6) is -1.25. The maximum atomic E-state index is 13.3. The van der Waals surface area contributed by atoms with E-state index in [-0.39, 0.29) is 22.9 Å². The van der Waals surface area contributed by atoms with Crippen LogP contribution in [0.3, 0.4) is 0 Å². The Bertz CT molecular complexity index is 521. The number of anilines is 1. The van der Waals surface area contributed by atoms with Crippen LogP contribution in [0.1, 0.15) is 23.7 Å². The smallest absolute Gasteiger partial charge is 0.340 e. The number of benzene rings is 1. The quantitative estimate of drug-likeness (QED) is 0.632. The first-order valence-electron chi connectivity index (χ1n) is 5.94. The number of hydrogen-bond donors (Lipinski definition) is 0. The average molecular weight is 330 g/mol. The molecule has 1 fully saturated rings. The Kier molecular flexibility index (Phi) is 4.19. The molecule has 1 aromatic carbocycles. The van der Waals surface area contributed by atoms with E-state index in [4.69, 9.17) is 4.74 Å². The van der Waals surface area contributed by atoms with Gasteiger partial charge >= 0.3 is 5.97 Å². The lowest BCUT2D eigenvalue weighted by Crippen LogP contribution is -2.27. The Balaban J connectivity index is 2.39. The lowest BCUT2D eigenvalue weighted by atomic mass is 10.1. The van der Waals surface area contributed by atoms with Crippen LogP contribution in [-0.4, -0.2) is 29.9 Å². The minimum absolute atomic E-state index is 0.0418. The van der Waals surface area contributed by atoms with Crippen LogP contribution in [0.25, 0.3) is 0 Å². The molecule has 19 heavy (non-hydrogen) atoms. The molecule has 0 bridgehead atoms. The third kappa shape index (κ3) is 2.94. The minimum atomic E-state index is -0.622. The summed E-state index contributed by atoms with van der Waals surface area (Å²) >= 11 is 3.37. The van der Waals surface area contributed by atoms with Crippen molar-refractivity contribution in [1.29, 1.82) is 0 Å². The van der Waals surface area contributed by atoms with Gasteiger partial charge in [0.05, 0.1) is 17.9 Å². The molecular formula is C13H13BrFNO3. The lowest BCUT2D eigenvalue weighted by Gasteiger charge is -2.19. The van der Waals surface area contributed by atoms with E-state index in [1.165, 1.54) is 17.0 Å². The number of rotatable bonds is 3. The van der Waals surface area contributed by atoms with E-state index in [0.717, 1.165) is 6.07 Å². The zero-order valence-corrected chi connectivity index (χ0v) is 11.9. The molecule has 0 saturated carbocycles. The normalized spacial score (nSPS) is 18.8. The van der Waals surface area contributed by atoms with Crippen molar-refractivity contribution in [2.75, 3.05) is 18.1 Å². The molecule has 0 N–H and O–H groups in total. The molecule has 4 nitrogen and oxygen atoms in total. The van der Waals surface area contributed by atoms with Crippen molar-refractivity contribution >= 4 is 33.5 Å². The maximum absolute atomic E-state index is 13.3. The van der Waals surface area contributed by atoms with Gasteiger partial charge < -0.3 is 9.64 Å². The molecule has 102 valence electrons. The molecule has 0 radical (unpaired) electrons. The predicted molar refractivity (Wildman–Crippen MR) is 72.0 cm³/mol. The summed E-state index contributed by atoms with van der Waals surface area (Å²) in [6, 6.07) is 3.76. The van der Waals surface area contributed by atoms with Crippen LogP contribution in [0, 0.1) is 5.82 Å². The second-order valence-electron chi connectivity index (χ2n) is 4.19. The van der Waals surface area contributed by atoms with Crippen LogP contribution in [0.4, 0.5) is 10.1 Å². The Hall–Kier alpha value is -1.43. The molecule has 1 aliphatic heterocycles. The molecule has 1 saturated heterocycles. The number of carbonyl (C=O) groups excluding carboxylic acids is 2. The number of amides is 1. The van der Waals surface area contributed by atoms with Gasteiger partial charge in [0.2, 0.25) is 5.91 Å². The molecule has 1 amide bonds. The Labute approximate surface area is 118 Å². The van der Waals surface area contributed by atoms with E-state index in [0.29, 0.717) is 18.7 Å². The van der Waals surface area contributed by atoms with Gasteiger partial charge in [-0.1, -0.05) is 15.9 Å². The summed E-state index contributed by atoms with van der Waals surface area (Å²) in [5, 5.41) is 0. The van der Waals surface area contributed by atoms with Crippen LogP contribution >= 0.6 is 15.9 Å². The third-order valence-corrected chi connectivity index (χ3v) is 3.44. The van der Waals surface area contributed by atoms with Gasteiger partial charge in [0.15, 0.2) is 0 Å². The Morgan fingerprint density at radius 1 is 1.58 bits per heavy atom. The predicted octanol–water partition coefficient (Wildman–Crippen LogP) is 2.50. The fourth-order valence-electron chi connectivity index (χ4n) is 2.01. The SMILES string of the molecule is CCOC(=O)c1cc(F)ccc1N1CC(Br)CC1=O. The van der Waals surface area contributed by atoms with Crippen LogP contribution in [0.5, 0.6) is 0 Å². The van der Waals surface area contributed by atoms with Crippen molar-refractivity contribution in [3.8, 4) is 0 Å². The van der Waals surface area contributed by atoms with E-state index in [1.54, 1.807) is 6.92 Å². The fraction of sp³-hybridized carbons (Fsp3) is 0.385. The standard InChI is InChI=1S/C13H13BrFNO3/c1-2-19-13(18)10-6-9(15)3-4-11(10)16-7-8(14)5-12(16)17/h3-4,6,8H,2,5,7H2,1H3. The summed E-state index contributed by atoms with van der Waals surface area (Å²) in [5.41, 5.74) is 0.476. The highest BCUT2D eigenvalue weighted by atomic mass is 79.9. The lowest BCUT2D eigenvalue weighted by molar-refractivity contribution is -0.117. The number of carbonyl (C=O) groups is 2. The highest BCUT2D eigenvalue weighted by molar-refractivity contribution is 9.09. The van der Waals surface area contributed by atoms with Crippen LogP contribution in [-0.2, 0) is 9.53 Å². The van der Waals surface area contributed by atoms with Gasteiger partial charge in [0.1, 0.15) is 5.82 Å². The Morgan fingerprint density at radius 2 is 2.32 bits per heavy atom. The first kappa shape index (κ1) is 14.0. The van der Waals surface area contributed by atoms with Gasteiger partial charge in [0.25, 0.3) is 0 Å². The molecule has 2 rings (SSSR count). The zero-order chi connectivity index (χ0) is 14.0. The number of halogens is 2. The molecule has 0 aromatic heterocycles. The van der Waals surface area contributed by atoms with Crippen LogP contribution in [0.15, 0.2) is 18.2 Å². The summed E-state index contributed by atoms with van der Waals surface area (Å²) in [6.07, 6.45) is 0.361. The number of ether oxygens (including phenoxy) is 1. The van der Waals surface area contributed by atoms with Crippen molar-refractivity contribution in [2.45, 2.75) is 18.2 Å². The number of nitrogens with zero attached hydrogens (tertiary/aromatic N) is 1. The van der Waals surface area contributed by atoms with Gasteiger partial charge in [-0.15, -0.1) is 0 Å². The first-order valence-corrected chi connectivity index (χ1v) is 6.85. The molecule has 0 aliphatic carbocycles. The largest absolute Gasteiger partial charge is 0.462 e. The van der Waals surface area contributed by atoms with Gasteiger partial charge in [-0.05, 0) is 25.1 Å². The zero-order valence-electron chi connectivity index (χ0n) is 10.4. The van der Waals surface area contributed by atoms with E-state index >= 15 is 0 Å². The highest BCUT2D eigenvalue weighted by Gasteiger charge is 2.31. The van der Waals surface area contributed by atoms with Crippen LogP contribution < -0.4 is 4.90 Å². The van der Waals surface area contributed by atoms with Gasteiger partial charge in [0, 0.05) is 17.8 Å².